The molecule has 10 heteroatoms. The highest BCUT2D eigenvalue weighted by Gasteiger charge is 2.31. The van der Waals surface area contributed by atoms with Crippen molar-refractivity contribution in [1.29, 1.82) is 0 Å². The summed E-state index contributed by atoms with van der Waals surface area (Å²) in [4.78, 5) is 23.6. The van der Waals surface area contributed by atoms with E-state index in [-0.39, 0.29) is 5.56 Å². The van der Waals surface area contributed by atoms with E-state index in [9.17, 15) is 33.4 Å². The summed E-state index contributed by atoms with van der Waals surface area (Å²) in [5, 5.41) is 19.4. The van der Waals surface area contributed by atoms with E-state index in [0.717, 1.165) is 12.1 Å². The monoisotopic (exact) mass is 280 g/mol. The van der Waals surface area contributed by atoms with E-state index in [1.165, 1.54) is 0 Å². The predicted molar refractivity (Wildman–Crippen MR) is 54.1 cm³/mol. The Kier molecular flexibility index (Phi) is 4.25. The Morgan fingerprint density at radius 1 is 1.16 bits per heavy atom. The molecule has 0 radical (unpaired) electrons. The van der Waals surface area contributed by atoms with Crippen molar-refractivity contribution in [3.05, 3.63) is 55.6 Å². The Labute approximate surface area is 103 Å². The minimum absolute atomic E-state index is 0.111. The lowest BCUT2D eigenvalue weighted by Gasteiger charge is -2.10. The lowest BCUT2D eigenvalue weighted by atomic mass is 10.1. The first-order valence-electron chi connectivity index (χ1n) is 4.79. The van der Waals surface area contributed by atoms with Gasteiger partial charge in [-0.2, -0.15) is 13.2 Å². The lowest BCUT2D eigenvalue weighted by Crippen LogP contribution is -2.19. The lowest BCUT2D eigenvalue weighted by molar-refractivity contribution is -0.766. The number of hydrogen-bond donors (Lipinski definition) is 0. The smallest absolute Gasteiger partial charge is 0.306 e. The van der Waals surface area contributed by atoms with Crippen LogP contribution >= 0.6 is 0 Å². The summed E-state index contributed by atoms with van der Waals surface area (Å²) in [5.41, 5.74) is -1.08. The molecule has 104 valence electrons. The summed E-state index contributed by atoms with van der Waals surface area (Å²) in [6, 6.07) is 1.50. The molecule has 0 aliphatic rings. The third-order valence-electron chi connectivity index (χ3n) is 2.22. The largest absolute Gasteiger partial charge is 0.416 e. The third kappa shape index (κ3) is 4.08. The number of hydrogen-bond acceptors (Lipinski definition) is 5. The van der Waals surface area contributed by atoms with Crippen LogP contribution in [0.1, 0.15) is 17.2 Å². The first-order valence-corrected chi connectivity index (χ1v) is 4.79. The van der Waals surface area contributed by atoms with Crippen molar-refractivity contribution in [3.63, 3.8) is 0 Å². The van der Waals surface area contributed by atoms with Gasteiger partial charge < -0.3 is 4.84 Å². The van der Waals surface area contributed by atoms with Crippen LogP contribution in [0.15, 0.2) is 24.3 Å². The second kappa shape index (κ2) is 5.50. The van der Waals surface area contributed by atoms with Crippen molar-refractivity contribution in [3.8, 4) is 0 Å². The molecule has 0 aliphatic heterocycles. The van der Waals surface area contributed by atoms with Gasteiger partial charge in [-0.25, -0.2) is 0 Å². The van der Waals surface area contributed by atoms with Gasteiger partial charge in [0.1, 0.15) is 0 Å². The maximum absolute atomic E-state index is 12.3. The molecule has 0 aliphatic carbocycles. The van der Waals surface area contributed by atoms with Crippen LogP contribution in [0, 0.1) is 20.2 Å². The molecule has 0 saturated heterocycles. The van der Waals surface area contributed by atoms with Gasteiger partial charge in [0.25, 0.3) is 11.1 Å². The molecule has 0 fully saturated rings. The van der Waals surface area contributed by atoms with Crippen LogP contribution in [-0.4, -0.2) is 16.6 Å². The molecule has 0 aromatic heterocycles. The normalized spacial score (nSPS) is 12.8. The Balaban J connectivity index is 2.92. The zero-order valence-electron chi connectivity index (χ0n) is 9.16. The molecule has 0 heterocycles. The van der Waals surface area contributed by atoms with Gasteiger partial charge in [0, 0.05) is 10.5 Å². The maximum atomic E-state index is 12.3. The summed E-state index contributed by atoms with van der Waals surface area (Å²) in [7, 11) is 0. The standard InChI is InChI=1S/C9H7F3N2O5/c10-9(11,12)7-3-1-6(2-4-7)8(13(15)16)5-19-14(17)18/h1-4,8H,5H2. The van der Waals surface area contributed by atoms with Crippen LogP contribution < -0.4 is 0 Å². The fourth-order valence-corrected chi connectivity index (χ4v) is 1.30. The van der Waals surface area contributed by atoms with Gasteiger partial charge in [-0.15, -0.1) is 10.1 Å². The van der Waals surface area contributed by atoms with Crippen molar-refractivity contribution in [2.24, 2.45) is 0 Å². The average molecular weight is 280 g/mol. The van der Waals surface area contributed by atoms with Crippen LogP contribution in [0.5, 0.6) is 0 Å². The topological polar surface area (TPSA) is 95.5 Å². The van der Waals surface area contributed by atoms with Crippen molar-refractivity contribution in [1.82, 2.24) is 0 Å². The van der Waals surface area contributed by atoms with Crippen LogP contribution in [0.3, 0.4) is 0 Å². The third-order valence-corrected chi connectivity index (χ3v) is 2.22. The van der Waals surface area contributed by atoms with E-state index >= 15 is 0 Å². The van der Waals surface area contributed by atoms with E-state index in [1.807, 2.05) is 0 Å². The number of alkyl halides is 3. The summed E-state index contributed by atoms with van der Waals surface area (Å²) in [6.07, 6.45) is -4.56. The van der Waals surface area contributed by atoms with Gasteiger partial charge in [-0.05, 0) is 12.1 Å². The highest BCUT2D eigenvalue weighted by atomic mass is 19.4. The van der Waals surface area contributed by atoms with Crippen LogP contribution in [0.4, 0.5) is 13.2 Å². The Bertz CT molecular complexity index is 474. The second-order valence-electron chi connectivity index (χ2n) is 3.44. The van der Waals surface area contributed by atoms with Gasteiger partial charge in [0.05, 0.1) is 5.56 Å². The van der Waals surface area contributed by atoms with Crippen LogP contribution in [-0.2, 0) is 11.0 Å². The summed E-state index contributed by atoms with van der Waals surface area (Å²) in [5.74, 6) is 0. The Hall–Kier alpha value is -2.39. The number of nitro groups is 1. The molecular weight excluding hydrogens is 273 g/mol. The van der Waals surface area contributed by atoms with Crippen molar-refractivity contribution < 1.29 is 28.0 Å². The minimum Gasteiger partial charge on any atom is -0.306 e. The SMILES string of the molecule is O=[N+]([O-])OCC(c1ccc(C(F)(F)F)cc1)[N+](=O)[O-]. The van der Waals surface area contributed by atoms with Gasteiger partial charge in [-0.1, -0.05) is 12.1 Å². The molecule has 1 aromatic carbocycles. The van der Waals surface area contributed by atoms with Crippen molar-refractivity contribution in [2.75, 3.05) is 6.61 Å². The Morgan fingerprint density at radius 2 is 1.68 bits per heavy atom. The molecule has 0 amide bonds. The molecule has 19 heavy (non-hydrogen) atoms. The number of nitrogens with zero attached hydrogens (tertiary/aromatic N) is 2. The van der Waals surface area contributed by atoms with Gasteiger partial charge in [0.15, 0.2) is 6.61 Å². The fraction of sp³-hybridized carbons (Fsp3) is 0.333. The first kappa shape index (κ1) is 14.7. The zero-order chi connectivity index (χ0) is 14.6. The highest BCUT2D eigenvalue weighted by molar-refractivity contribution is 5.26. The highest BCUT2D eigenvalue weighted by Crippen LogP contribution is 2.30. The second-order valence-corrected chi connectivity index (χ2v) is 3.44. The van der Waals surface area contributed by atoms with Gasteiger partial charge in [-0.3, -0.25) is 10.1 Å². The molecule has 0 spiro atoms. The fourth-order valence-electron chi connectivity index (χ4n) is 1.30. The molecule has 1 aromatic rings. The van der Waals surface area contributed by atoms with E-state index in [1.54, 1.807) is 0 Å². The molecular formula is C9H7F3N2O5. The van der Waals surface area contributed by atoms with Crippen molar-refractivity contribution in [2.45, 2.75) is 12.2 Å². The molecule has 0 bridgehead atoms. The van der Waals surface area contributed by atoms with Crippen molar-refractivity contribution >= 4 is 0 Å². The molecule has 0 N–H and O–H groups in total. The molecule has 1 unspecified atom stereocenters. The van der Waals surface area contributed by atoms with E-state index < -0.39 is 34.4 Å². The molecule has 1 atom stereocenters. The number of benzene rings is 1. The molecule has 0 saturated carbocycles. The van der Waals surface area contributed by atoms with E-state index in [2.05, 4.69) is 4.84 Å². The van der Waals surface area contributed by atoms with Crippen LogP contribution in [0.25, 0.3) is 0 Å². The van der Waals surface area contributed by atoms with Gasteiger partial charge >= 0.3 is 6.18 Å². The van der Waals surface area contributed by atoms with E-state index in [4.69, 9.17) is 0 Å². The predicted octanol–water partition coefficient (Wildman–Crippen LogP) is 2.23. The summed E-state index contributed by atoms with van der Waals surface area (Å²) < 4.78 is 36.9. The van der Waals surface area contributed by atoms with Gasteiger partial charge in [0.2, 0.25) is 0 Å². The zero-order valence-corrected chi connectivity index (χ0v) is 9.16. The average Bonchev–Trinajstić information content (AvgIpc) is 2.27. The maximum Gasteiger partial charge on any atom is 0.416 e. The summed E-state index contributed by atoms with van der Waals surface area (Å²) >= 11 is 0. The van der Waals surface area contributed by atoms with E-state index in [0.29, 0.717) is 12.1 Å². The Morgan fingerprint density at radius 3 is 2.05 bits per heavy atom. The molecule has 7 nitrogen and oxygen atoms in total. The van der Waals surface area contributed by atoms with Crippen LogP contribution in [0.2, 0.25) is 0 Å². The number of halogens is 3. The summed E-state index contributed by atoms with van der Waals surface area (Å²) in [6.45, 7) is -0.870. The molecule has 1 rings (SSSR count). The first-order chi connectivity index (χ1) is 8.71. The number of rotatable bonds is 5. The minimum atomic E-state index is -4.56. The quantitative estimate of drug-likeness (QED) is 0.608.